The number of carboxylic acid groups (broad SMARTS) is 1. The van der Waals surface area contributed by atoms with Gasteiger partial charge in [-0.25, -0.2) is 9.59 Å². The number of amides is 2. The SMILES string of the molecule is COc1cccc(CNC(=O)N2CCCC2(C)C(=O)O)c1. The van der Waals surface area contributed by atoms with E-state index in [1.54, 1.807) is 14.0 Å². The Bertz CT molecular complexity index is 546. The first-order chi connectivity index (χ1) is 9.97. The number of benzene rings is 1. The van der Waals surface area contributed by atoms with Gasteiger partial charge in [0.15, 0.2) is 0 Å². The van der Waals surface area contributed by atoms with E-state index in [0.717, 1.165) is 11.3 Å². The third kappa shape index (κ3) is 3.09. The summed E-state index contributed by atoms with van der Waals surface area (Å²) in [6, 6.07) is 7.04. The lowest BCUT2D eigenvalue weighted by Crippen LogP contribution is -2.53. The maximum atomic E-state index is 12.2. The maximum Gasteiger partial charge on any atom is 0.329 e. The molecule has 6 heteroatoms. The molecule has 1 saturated heterocycles. The standard InChI is InChI=1S/C15H20N2O4/c1-15(13(18)19)7-4-8-17(15)14(20)16-10-11-5-3-6-12(9-11)21-2/h3,5-6,9H,4,7-8,10H2,1-2H3,(H,16,20)(H,18,19). The van der Waals surface area contributed by atoms with Crippen molar-refractivity contribution in [2.24, 2.45) is 0 Å². The largest absolute Gasteiger partial charge is 0.497 e. The summed E-state index contributed by atoms with van der Waals surface area (Å²) < 4.78 is 5.13. The number of carbonyl (C=O) groups excluding carboxylic acids is 1. The van der Waals surface area contributed by atoms with Gasteiger partial charge in [-0.05, 0) is 37.5 Å². The highest BCUT2D eigenvalue weighted by molar-refractivity contribution is 5.86. The zero-order valence-corrected chi connectivity index (χ0v) is 12.3. The number of carboxylic acids is 1. The van der Waals surface area contributed by atoms with E-state index in [4.69, 9.17) is 4.74 Å². The van der Waals surface area contributed by atoms with Gasteiger partial charge in [0.25, 0.3) is 0 Å². The maximum absolute atomic E-state index is 12.2. The van der Waals surface area contributed by atoms with E-state index in [-0.39, 0.29) is 6.03 Å². The fraction of sp³-hybridized carbons (Fsp3) is 0.467. The molecule has 0 bridgehead atoms. The quantitative estimate of drug-likeness (QED) is 0.887. The molecule has 0 spiro atoms. The average Bonchev–Trinajstić information content (AvgIpc) is 2.88. The number of nitrogens with zero attached hydrogens (tertiary/aromatic N) is 1. The molecule has 2 amide bonds. The minimum atomic E-state index is -1.11. The van der Waals surface area contributed by atoms with Crippen LogP contribution in [-0.4, -0.2) is 41.2 Å². The first-order valence-corrected chi connectivity index (χ1v) is 6.89. The smallest absolute Gasteiger partial charge is 0.329 e. The molecule has 1 atom stereocenters. The highest BCUT2D eigenvalue weighted by Gasteiger charge is 2.45. The number of ether oxygens (including phenoxy) is 1. The van der Waals surface area contributed by atoms with E-state index in [1.807, 2.05) is 24.3 Å². The highest BCUT2D eigenvalue weighted by Crippen LogP contribution is 2.29. The predicted molar refractivity (Wildman–Crippen MR) is 77.2 cm³/mol. The summed E-state index contributed by atoms with van der Waals surface area (Å²) in [5.74, 6) is -0.241. The fourth-order valence-corrected chi connectivity index (χ4v) is 2.57. The Morgan fingerprint density at radius 1 is 1.48 bits per heavy atom. The molecule has 1 aromatic carbocycles. The van der Waals surface area contributed by atoms with Crippen LogP contribution < -0.4 is 10.1 Å². The van der Waals surface area contributed by atoms with Crippen molar-refractivity contribution in [3.8, 4) is 5.75 Å². The number of nitrogens with one attached hydrogen (secondary N) is 1. The molecule has 0 aliphatic carbocycles. The lowest BCUT2D eigenvalue weighted by molar-refractivity contribution is -0.147. The topological polar surface area (TPSA) is 78.9 Å². The molecular weight excluding hydrogens is 272 g/mol. The number of carbonyl (C=O) groups is 2. The molecule has 0 aromatic heterocycles. The number of hydrogen-bond acceptors (Lipinski definition) is 3. The Hall–Kier alpha value is -2.24. The van der Waals surface area contributed by atoms with Crippen LogP contribution in [0.4, 0.5) is 4.79 Å². The molecule has 114 valence electrons. The van der Waals surface area contributed by atoms with Crippen molar-refractivity contribution in [1.29, 1.82) is 0 Å². The van der Waals surface area contributed by atoms with Gasteiger partial charge >= 0.3 is 12.0 Å². The predicted octanol–water partition coefficient (Wildman–Crippen LogP) is 1.84. The van der Waals surface area contributed by atoms with E-state index >= 15 is 0 Å². The Morgan fingerprint density at radius 3 is 2.90 bits per heavy atom. The Morgan fingerprint density at radius 2 is 2.24 bits per heavy atom. The van der Waals surface area contributed by atoms with Crippen LogP contribution in [0.15, 0.2) is 24.3 Å². The van der Waals surface area contributed by atoms with Crippen molar-refractivity contribution in [3.05, 3.63) is 29.8 Å². The van der Waals surface area contributed by atoms with Crippen LogP contribution in [-0.2, 0) is 11.3 Å². The van der Waals surface area contributed by atoms with Crippen LogP contribution in [0.5, 0.6) is 5.75 Å². The van der Waals surface area contributed by atoms with Crippen LogP contribution in [0.3, 0.4) is 0 Å². The summed E-state index contributed by atoms with van der Waals surface area (Å²) in [4.78, 5) is 25.0. The van der Waals surface area contributed by atoms with Gasteiger partial charge in [0.05, 0.1) is 7.11 Å². The molecule has 1 heterocycles. The fourth-order valence-electron chi connectivity index (χ4n) is 2.57. The van der Waals surface area contributed by atoms with Gasteiger partial charge in [0.1, 0.15) is 11.3 Å². The summed E-state index contributed by atoms with van der Waals surface area (Å²) in [5.41, 5.74) is -0.211. The van der Waals surface area contributed by atoms with Gasteiger partial charge in [-0.2, -0.15) is 0 Å². The Labute approximate surface area is 123 Å². The molecule has 21 heavy (non-hydrogen) atoms. The van der Waals surface area contributed by atoms with Crippen LogP contribution in [0.25, 0.3) is 0 Å². The first-order valence-electron chi connectivity index (χ1n) is 6.89. The van der Waals surface area contributed by atoms with Crippen LogP contribution in [0.2, 0.25) is 0 Å². The highest BCUT2D eigenvalue weighted by atomic mass is 16.5. The second-order valence-electron chi connectivity index (χ2n) is 5.34. The van der Waals surface area contributed by atoms with Crippen molar-refractivity contribution in [2.75, 3.05) is 13.7 Å². The molecule has 1 aliphatic rings. The lowest BCUT2D eigenvalue weighted by atomic mass is 10.00. The van der Waals surface area contributed by atoms with Crippen LogP contribution in [0.1, 0.15) is 25.3 Å². The molecular formula is C15H20N2O4. The zero-order valence-electron chi connectivity index (χ0n) is 12.3. The summed E-state index contributed by atoms with van der Waals surface area (Å²) in [5, 5.41) is 12.1. The summed E-state index contributed by atoms with van der Waals surface area (Å²) in [6.45, 7) is 2.39. The van der Waals surface area contributed by atoms with Gasteiger partial charge in [0.2, 0.25) is 0 Å². The van der Waals surface area contributed by atoms with Crippen LogP contribution in [0, 0.1) is 0 Å². The number of aliphatic carboxylic acids is 1. The van der Waals surface area contributed by atoms with E-state index in [2.05, 4.69) is 5.32 Å². The minimum absolute atomic E-state index is 0.336. The normalized spacial score (nSPS) is 21.1. The molecule has 2 N–H and O–H groups in total. The molecule has 2 rings (SSSR count). The summed E-state index contributed by atoms with van der Waals surface area (Å²) in [6.07, 6.45) is 1.18. The second kappa shape index (κ2) is 6.03. The molecule has 1 fully saturated rings. The molecule has 1 unspecified atom stereocenters. The van der Waals surface area contributed by atoms with Gasteiger partial charge in [0, 0.05) is 13.1 Å². The third-order valence-corrected chi connectivity index (χ3v) is 3.92. The van der Waals surface area contributed by atoms with Gasteiger partial charge < -0.3 is 20.1 Å². The van der Waals surface area contributed by atoms with E-state index in [9.17, 15) is 14.7 Å². The minimum Gasteiger partial charge on any atom is -0.497 e. The number of methoxy groups -OCH3 is 1. The average molecular weight is 292 g/mol. The molecule has 6 nitrogen and oxygen atoms in total. The number of likely N-dealkylation sites (tertiary alicyclic amines) is 1. The van der Waals surface area contributed by atoms with E-state index in [1.165, 1.54) is 4.90 Å². The van der Waals surface area contributed by atoms with E-state index in [0.29, 0.717) is 25.9 Å². The first kappa shape index (κ1) is 15.2. The van der Waals surface area contributed by atoms with Crippen molar-refractivity contribution in [3.63, 3.8) is 0 Å². The number of urea groups is 1. The molecule has 1 aliphatic heterocycles. The van der Waals surface area contributed by atoms with Crippen molar-refractivity contribution in [1.82, 2.24) is 10.2 Å². The van der Waals surface area contributed by atoms with Crippen molar-refractivity contribution in [2.45, 2.75) is 31.8 Å². The van der Waals surface area contributed by atoms with Gasteiger partial charge in [-0.15, -0.1) is 0 Å². The van der Waals surface area contributed by atoms with Crippen molar-refractivity contribution >= 4 is 12.0 Å². The Balaban J connectivity index is 2.00. The molecule has 0 radical (unpaired) electrons. The van der Waals surface area contributed by atoms with Gasteiger partial charge in [-0.3, -0.25) is 0 Å². The second-order valence-corrected chi connectivity index (χ2v) is 5.34. The van der Waals surface area contributed by atoms with Crippen LogP contribution >= 0.6 is 0 Å². The van der Waals surface area contributed by atoms with E-state index < -0.39 is 11.5 Å². The third-order valence-electron chi connectivity index (χ3n) is 3.92. The molecule has 1 aromatic rings. The number of rotatable bonds is 4. The number of hydrogen-bond donors (Lipinski definition) is 2. The van der Waals surface area contributed by atoms with Gasteiger partial charge in [-0.1, -0.05) is 12.1 Å². The summed E-state index contributed by atoms with van der Waals surface area (Å²) >= 11 is 0. The van der Waals surface area contributed by atoms with Crippen molar-refractivity contribution < 1.29 is 19.4 Å². The monoisotopic (exact) mass is 292 g/mol. The summed E-state index contributed by atoms with van der Waals surface area (Å²) in [7, 11) is 1.58. The molecule has 0 saturated carbocycles. The lowest BCUT2D eigenvalue weighted by Gasteiger charge is -2.31. The Kier molecular flexibility index (Phi) is 4.35. The zero-order chi connectivity index (χ0) is 15.5.